The van der Waals surface area contributed by atoms with Gasteiger partial charge >= 0.3 is 0 Å². The molecule has 1 unspecified atom stereocenters. The molecule has 1 atom stereocenters. The molecule has 0 spiro atoms. The molecule has 8 heteroatoms. The average molecular weight is 318 g/mol. The van der Waals surface area contributed by atoms with Crippen LogP contribution in [-0.4, -0.2) is 35.6 Å². The monoisotopic (exact) mass is 317 g/mol. The standard InChI is InChI=1S/C12H16ClN3O3S/c1-8(2)9(7-17)15-20(18,19)12-11(13)14-10-5-3-4-6-16(10)12/h3-6,8-9,15,17H,7H2,1-2H3. The smallest absolute Gasteiger partial charge is 0.260 e. The van der Waals surface area contributed by atoms with Gasteiger partial charge in [-0.3, -0.25) is 4.40 Å². The predicted octanol–water partition coefficient (Wildman–Crippen LogP) is 1.28. The Hall–Kier alpha value is -1.15. The summed E-state index contributed by atoms with van der Waals surface area (Å²) in [5, 5.41) is 9.05. The topological polar surface area (TPSA) is 83.7 Å². The zero-order chi connectivity index (χ0) is 14.9. The summed E-state index contributed by atoms with van der Waals surface area (Å²) >= 11 is 5.94. The summed E-state index contributed by atoms with van der Waals surface area (Å²) in [4.78, 5) is 4.00. The van der Waals surface area contributed by atoms with Crippen LogP contribution in [0, 0.1) is 5.92 Å². The average Bonchev–Trinajstić information content (AvgIpc) is 2.72. The van der Waals surface area contributed by atoms with Crippen LogP contribution in [-0.2, 0) is 10.0 Å². The molecule has 2 aromatic heterocycles. The van der Waals surface area contributed by atoms with Gasteiger partial charge in [-0.2, -0.15) is 0 Å². The molecule has 0 amide bonds. The van der Waals surface area contributed by atoms with E-state index in [1.54, 1.807) is 24.4 Å². The largest absolute Gasteiger partial charge is 0.395 e. The highest BCUT2D eigenvalue weighted by molar-refractivity contribution is 7.89. The molecule has 0 saturated heterocycles. The van der Waals surface area contributed by atoms with Crippen LogP contribution in [0.2, 0.25) is 5.15 Å². The van der Waals surface area contributed by atoms with E-state index in [9.17, 15) is 13.5 Å². The fraction of sp³-hybridized carbons (Fsp3) is 0.417. The van der Waals surface area contributed by atoms with Crippen molar-refractivity contribution in [2.24, 2.45) is 5.92 Å². The first-order valence-electron chi connectivity index (χ1n) is 6.12. The van der Waals surface area contributed by atoms with Gasteiger partial charge in [0.25, 0.3) is 10.0 Å². The Morgan fingerprint density at radius 1 is 1.45 bits per heavy atom. The van der Waals surface area contributed by atoms with Crippen molar-refractivity contribution in [1.82, 2.24) is 14.1 Å². The second-order valence-corrected chi connectivity index (χ2v) is 6.78. The number of imidazole rings is 1. The number of halogens is 1. The van der Waals surface area contributed by atoms with Crippen molar-refractivity contribution in [3.63, 3.8) is 0 Å². The van der Waals surface area contributed by atoms with Crippen LogP contribution in [0.1, 0.15) is 13.8 Å². The highest BCUT2D eigenvalue weighted by atomic mass is 35.5. The van der Waals surface area contributed by atoms with Crippen LogP contribution in [0.5, 0.6) is 0 Å². The van der Waals surface area contributed by atoms with Crippen molar-refractivity contribution in [3.05, 3.63) is 29.5 Å². The number of nitrogens with one attached hydrogen (secondary N) is 1. The van der Waals surface area contributed by atoms with Crippen molar-refractivity contribution in [2.45, 2.75) is 24.9 Å². The number of aromatic nitrogens is 2. The maximum absolute atomic E-state index is 12.4. The molecule has 2 aromatic rings. The van der Waals surface area contributed by atoms with Gasteiger partial charge in [-0.25, -0.2) is 18.1 Å². The second kappa shape index (κ2) is 5.69. The van der Waals surface area contributed by atoms with E-state index >= 15 is 0 Å². The summed E-state index contributed by atoms with van der Waals surface area (Å²) in [5.41, 5.74) is 0.447. The highest BCUT2D eigenvalue weighted by Gasteiger charge is 2.28. The molecular formula is C12H16ClN3O3S. The Labute approximate surface area is 122 Å². The third-order valence-electron chi connectivity index (χ3n) is 3.01. The van der Waals surface area contributed by atoms with Crippen molar-refractivity contribution in [2.75, 3.05) is 6.61 Å². The van der Waals surface area contributed by atoms with E-state index in [0.29, 0.717) is 5.65 Å². The third kappa shape index (κ3) is 2.80. The van der Waals surface area contributed by atoms with E-state index in [1.165, 1.54) is 4.40 Å². The SMILES string of the molecule is CC(C)C(CO)NS(=O)(=O)c1c(Cl)nc2ccccn12. The van der Waals surface area contributed by atoms with Crippen LogP contribution in [0.4, 0.5) is 0 Å². The van der Waals surface area contributed by atoms with Crippen LogP contribution in [0.15, 0.2) is 29.4 Å². The molecule has 0 aliphatic carbocycles. The first-order valence-corrected chi connectivity index (χ1v) is 7.98. The Morgan fingerprint density at radius 3 is 2.75 bits per heavy atom. The van der Waals surface area contributed by atoms with Gasteiger partial charge < -0.3 is 5.11 Å². The summed E-state index contributed by atoms with van der Waals surface area (Å²) in [6.07, 6.45) is 1.58. The first-order chi connectivity index (χ1) is 9.36. The van der Waals surface area contributed by atoms with Crippen molar-refractivity contribution >= 4 is 27.3 Å². The van der Waals surface area contributed by atoms with Crippen LogP contribution in [0.3, 0.4) is 0 Å². The first kappa shape index (κ1) is 15.2. The minimum absolute atomic E-state index is 0.0484. The van der Waals surface area contributed by atoms with Gasteiger partial charge in [-0.1, -0.05) is 31.5 Å². The van der Waals surface area contributed by atoms with Gasteiger partial charge in [0.2, 0.25) is 0 Å². The number of hydrogen-bond acceptors (Lipinski definition) is 4. The van der Waals surface area contributed by atoms with E-state index in [-0.39, 0.29) is 22.7 Å². The molecule has 110 valence electrons. The Morgan fingerprint density at radius 2 is 2.15 bits per heavy atom. The molecule has 0 saturated carbocycles. The number of pyridine rings is 1. The maximum Gasteiger partial charge on any atom is 0.260 e. The molecule has 0 aromatic carbocycles. The molecule has 0 bridgehead atoms. The minimum atomic E-state index is -3.87. The fourth-order valence-electron chi connectivity index (χ4n) is 1.82. The van der Waals surface area contributed by atoms with Crippen molar-refractivity contribution in [1.29, 1.82) is 0 Å². The number of aliphatic hydroxyl groups excluding tert-OH is 1. The number of sulfonamides is 1. The number of nitrogens with zero attached hydrogens (tertiary/aromatic N) is 2. The van der Waals surface area contributed by atoms with Gasteiger partial charge in [0, 0.05) is 12.2 Å². The van der Waals surface area contributed by atoms with Gasteiger partial charge in [-0.05, 0) is 18.1 Å². The van der Waals surface area contributed by atoms with Gasteiger partial charge in [-0.15, -0.1) is 0 Å². The van der Waals surface area contributed by atoms with E-state index in [2.05, 4.69) is 9.71 Å². The van der Waals surface area contributed by atoms with E-state index in [1.807, 2.05) is 13.8 Å². The Bertz CT molecular complexity index is 712. The molecule has 2 heterocycles. The van der Waals surface area contributed by atoms with Gasteiger partial charge in [0.15, 0.2) is 10.2 Å². The molecule has 0 fully saturated rings. The number of aliphatic hydroxyl groups is 1. The van der Waals surface area contributed by atoms with E-state index in [0.717, 1.165) is 0 Å². The number of rotatable bonds is 5. The van der Waals surface area contributed by atoms with Crippen molar-refractivity contribution in [3.8, 4) is 0 Å². The summed E-state index contributed by atoms with van der Waals surface area (Å²) in [5.74, 6) is -0.0484. The second-order valence-electron chi connectivity index (χ2n) is 4.79. The Balaban J connectivity index is 2.49. The molecule has 20 heavy (non-hydrogen) atoms. The molecule has 0 aliphatic heterocycles. The normalized spacial score (nSPS) is 14.1. The maximum atomic E-state index is 12.4. The lowest BCUT2D eigenvalue weighted by Gasteiger charge is -2.19. The highest BCUT2D eigenvalue weighted by Crippen LogP contribution is 2.23. The molecular weight excluding hydrogens is 302 g/mol. The molecule has 0 radical (unpaired) electrons. The summed E-state index contributed by atoms with van der Waals surface area (Å²) < 4.78 is 28.7. The number of hydrogen-bond donors (Lipinski definition) is 2. The zero-order valence-electron chi connectivity index (χ0n) is 11.1. The van der Waals surface area contributed by atoms with Gasteiger partial charge in [0.05, 0.1) is 6.61 Å². The van der Waals surface area contributed by atoms with Gasteiger partial charge in [0.1, 0.15) is 5.65 Å². The zero-order valence-corrected chi connectivity index (χ0v) is 12.7. The number of fused-ring (bicyclic) bond motifs is 1. The summed E-state index contributed by atoms with van der Waals surface area (Å²) in [6.45, 7) is 3.35. The minimum Gasteiger partial charge on any atom is -0.395 e. The van der Waals surface area contributed by atoms with Crippen LogP contribution < -0.4 is 4.72 Å². The molecule has 2 N–H and O–H groups in total. The van der Waals surface area contributed by atoms with Crippen molar-refractivity contribution < 1.29 is 13.5 Å². The quantitative estimate of drug-likeness (QED) is 0.870. The van der Waals surface area contributed by atoms with E-state index in [4.69, 9.17) is 11.6 Å². The Kier molecular flexibility index (Phi) is 4.33. The summed E-state index contributed by atoms with van der Waals surface area (Å²) in [7, 11) is -3.87. The van der Waals surface area contributed by atoms with Crippen LogP contribution >= 0.6 is 11.6 Å². The molecule has 6 nitrogen and oxygen atoms in total. The van der Waals surface area contributed by atoms with Crippen LogP contribution in [0.25, 0.3) is 5.65 Å². The predicted molar refractivity (Wildman–Crippen MR) is 76.2 cm³/mol. The lowest BCUT2D eigenvalue weighted by molar-refractivity contribution is 0.227. The molecule has 2 rings (SSSR count). The fourth-order valence-corrected chi connectivity index (χ4v) is 3.84. The summed E-state index contributed by atoms with van der Waals surface area (Å²) in [6, 6.07) is 4.52. The third-order valence-corrected chi connectivity index (χ3v) is 4.90. The lowest BCUT2D eigenvalue weighted by Crippen LogP contribution is -2.41. The molecule has 0 aliphatic rings. The van der Waals surface area contributed by atoms with E-state index < -0.39 is 16.1 Å². The lowest BCUT2D eigenvalue weighted by atomic mass is 10.1.